The molecule has 0 aliphatic rings. The summed E-state index contributed by atoms with van der Waals surface area (Å²) in [5.41, 5.74) is 3.63. The molecule has 1 aromatic heterocycles. The molecule has 4 nitrogen and oxygen atoms in total. The molecule has 122 valence electrons. The van der Waals surface area contributed by atoms with Crippen LogP contribution in [-0.2, 0) is 6.54 Å². The van der Waals surface area contributed by atoms with Gasteiger partial charge in [0.1, 0.15) is 18.0 Å². The molecule has 1 N–H and O–H groups in total. The van der Waals surface area contributed by atoms with Crippen molar-refractivity contribution < 1.29 is 0 Å². The molecule has 0 saturated carbocycles. The van der Waals surface area contributed by atoms with Gasteiger partial charge in [-0.3, -0.25) is 0 Å². The van der Waals surface area contributed by atoms with Crippen molar-refractivity contribution in [2.45, 2.75) is 20.4 Å². The topological polar surface area (TPSA) is 41.0 Å². The molecule has 3 rings (SSSR count). The minimum absolute atomic E-state index is 0.746. The SMILES string of the molecule is CCN(c1ccccc1)c1cc(NCc2cccc(C)c2)ncn1. The molecule has 24 heavy (non-hydrogen) atoms. The highest BCUT2D eigenvalue weighted by Crippen LogP contribution is 2.24. The molecule has 0 aliphatic carbocycles. The Morgan fingerprint density at radius 2 is 1.79 bits per heavy atom. The third kappa shape index (κ3) is 3.90. The first-order chi connectivity index (χ1) is 11.8. The van der Waals surface area contributed by atoms with Crippen molar-refractivity contribution in [3.05, 3.63) is 78.1 Å². The molecule has 0 bridgehead atoms. The molecular formula is C20H22N4. The standard InChI is InChI=1S/C20H22N4/c1-3-24(18-10-5-4-6-11-18)20-13-19(22-15-23-20)21-14-17-9-7-8-16(2)12-17/h4-13,15H,3,14H2,1-2H3,(H,21,22,23). The van der Waals surface area contributed by atoms with Gasteiger partial charge in [0.15, 0.2) is 0 Å². The second-order valence-electron chi connectivity index (χ2n) is 5.68. The highest BCUT2D eigenvalue weighted by atomic mass is 15.2. The Balaban J connectivity index is 1.76. The lowest BCUT2D eigenvalue weighted by atomic mass is 10.1. The van der Waals surface area contributed by atoms with E-state index in [0.29, 0.717) is 0 Å². The van der Waals surface area contributed by atoms with Gasteiger partial charge in [-0.2, -0.15) is 0 Å². The van der Waals surface area contributed by atoms with Crippen molar-refractivity contribution in [2.75, 3.05) is 16.8 Å². The van der Waals surface area contributed by atoms with Crippen LogP contribution in [0.5, 0.6) is 0 Å². The van der Waals surface area contributed by atoms with Crippen molar-refractivity contribution in [3.8, 4) is 0 Å². The Labute approximate surface area is 143 Å². The van der Waals surface area contributed by atoms with Crippen LogP contribution < -0.4 is 10.2 Å². The van der Waals surface area contributed by atoms with Crippen LogP contribution in [0.4, 0.5) is 17.3 Å². The predicted octanol–water partition coefficient (Wildman–Crippen LogP) is 4.56. The van der Waals surface area contributed by atoms with Crippen molar-refractivity contribution >= 4 is 17.3 Å². The highest BCUT2D eigenvalue weighted by Gasteiger charge is 2.09. The van der Waals surface area contributed by atoms with Gasteiger partial charge in [-0.1, -0.05) is 48.0 Å². The van der Waals surface area contributed by atoms with E-state index in [2.05, 4.69) is 70.4 Å². The number of anilines is 3. The lowest BCUT2D eigenvalue weighted by Gasteiger charge is -2.22. The van der Waals surface area contributed by atoms with Gasteiger partial charge in [-0.05, 0) is 31.5 Å². The zero-order valence-electron chi connectivity index (χ0n) is 14.1. The number of aryl methyl sites for hydroxylation is 1. The summed E-state index contributed by atoms with van der Waals surface area (Å²) < 4.78 is 0. The predicted molar refractivity (Wildman–Crippen MR) is 99.7 cm³/mol. The smallest absolute Gasteiger partial charge is 0.138 e. The zero-order valence-corrected chi connectivity index (χ0v) is 14.1. The minimum atomic E-state index is 0.746. The second-order valence-corrected chi connectivity index (χ2v) is 5.68. The molecule has 0 atom stereocenters. The molecule has 2 aromatic carbocycles. The molecule has 1 heterocycles. The number of benzene rings is 2. The van der Waals surface area contributed by atoms with E-state index in [4.69, 9.17) is 0 Å². The summed E-state index contributed by atoms with van der Waals surface area (Å²) in [6.45, 7) is 5.81. The Bertz CT molecular complexity index is 786. The molecule has 0 saturated heterocycles. The first kappa shape index (κ1) is 16.0. The summed E-state index contributed by atoms with van der Waals surface area (Å²) in [6, 6.07) is 20.7. The number of nitrogens with zero attached hydrogens (tertiary/aromatic N) is 3. The van der Waals surface area contributed by atoms with Gasteiger partial charge in [0.2, 0.25) is 0 Å². The summed E-state index contributed by atoms with van der Waals surface area (Å²) in [5.74, 6) is 1.72. The molecule has 0 fully saturated rings. The Morgan fingerprint density at radius 1 is 0.958 bits per heavy atom. The third-order valence-corrected chi connectivity index (χ3v) is 3.87. The average molecular weight is 318 g/mol. The molecule has 0 amide bonds. The summed E-state index contributed by atoms with van der Waals surface area (Å²) >= 11 is 0. The van der Waals surface area contributed by atoms with E-state index in [9.17, 15) is 0 Å². The van der Waals surface area contributed by atoms with Crippen LogP contribution in [0.3, 0.4) is 0 Å². The summed E-state index contributed by atoms with van der Waals surface area (Å²) in [4.78, 5) is 10.9. The number of rotatable bonds is 6. The minimum Gasteiger partial charge on any atom is -0.366 e. The van der Waals surface area contributed by atoms with Crippen LogP contribution in [0, 0.1) is 6.92 Å². The van der Waals surface area contributed by atoms with Gasteiger partial charge in [-0.25, -0.2) is 9.97 Å². The lowest BCUT2D eigenvalue weighted by Crippen LogP contribution is -2.17. The van der Waals surface area contributed by atoms with Crippen LogP contribution in [0.15, 0.2) is 67.0 Å². The lowest BCUT2D eigenvalue weighted by molar-refractivity contribution is 0.971. The van der Waals surface area contributed by atoms with Crippen molar-refractivity contribution in [1.82, 2.24) is 9.97 Å². The van der Waals surface area contributed by atoms with E-state index in [1.54, 1.807) is 6.33 Å². The largest absolute Gasteiger partial charge is 0.366 e. The van der Waals surface area contributed by atoms with E-state index in [1.807, 2.05) is 24.3 Å². The summed E-state index contributed by atoms with van der Waals surface area (Å²) in [7, 11) is 0. The van der Waals surface area contributed by atoms with E-state index in [0.717, 1.165) is 30.4 Å². The normalized spacial score (nSPS) is 10.4. The fourth-order valence-electron chi connectivity index (χ4n) is 2.69. The maximum absolute atomic E-state index is 4.43. The monoisotopic (exact) mass is 318 g/mol. The molecule has 4 heteroatoms. The maximum Gasteiger partial charge on any atom is 0.138 e. The summed E-state index contributed by atoms with van der Waals surface area (Å²) in [5, 5.41) is 3.38. The number of para-hydroxylation sites is 1. The van der Waals surface area contributed by atoms with Gasteiger partial charge in [0.25, 0.3) is 0 Å². The van der Waals surface area contributed by atoms with Crippen molar-refractivity contribution in [3.63, 3.8) is 0 Å². The fraction of sp³-hybridized carbons (Fsp3) is 0.200. The number of hydrogen-bond donors (Lipinski definition) is 1. The van der Waals surface area contributed by atoms with Crippen LogP contribution >= 0.6 is 0 Å². The van der Waals surface area contributed by atoms with Crippen LogP contribution in [0.2, 0.25) is 0 Å². The molecule has 0 radical (unpaired) electrons. The van der Waals surface area contributed by atoms with Crippen LogP contribution in [-0.4, -0.2) is 16.5 Å². The number of nitrogens with one attached hydrogen (secondary N) is 1. The van der Waals surface area contributed by atoms with Crippen LogP contribution in [0.1, 0.15) is 18.1 Å². The quantitative estimate of drug-likeness (QED) is 0.723. The molecule has 0 aliphatic heterocycles. The van der Waals surface area contributed by atoms with Crippen LogP contribution in [0.25, 0.3) is 0 Å². The first-order valence-corrected chi connectivity index (χ1v) is 8.20. The van der Waals surface area contributed by atoms with Gasteiger partial charge in [0.05, 0.1) is 0 Å². The first-order valence-electron chi connectivity index (χ1n) is 8.20. The summed E-state index contributed by atoms with van der Waals surface area (Å²) in [6.07, 6.45) is 1.61. The van der Waals surface area contributed by atoms with Gasteiger partial charge < -0.3 is 10.2 Å². The average Bonchev–Trinajstić information content (AvgIpc) is 2.62. The highest BCUT2D eigenvalue weighted by molar-refractivity contribution is 5.62. The molecule has 0 spiro atoms. The second kappa shape index (κ2) is 7.59. The molecular weight excluding hydrogens is 296 g/mol. The molecule has 0 unspecified atom stereocenters. The van der Waals surface area contributed by atoms with E-state index in [-0.39, 0.29) is 0 Å². The Hall–Kier alpha value is -2.88. The van der Waals surface area contributed by atoms with E-state index < -0.39 is 0 Å². The maximum atomic E-state index is 4.43. The third-order valence-electron chi connectivity index (χ3n) is 3.87. The fourth-order valence-corrected chi connectivity index (χ4v) is 2.69. The molecule has 3 aromatic rings. The van der Waals surface area contributed by atoms with E-state index >= 15 is 0 Å². The van der Waals surface area contributed by atoms with Gasteiger partial charge in [0, 0.05) is 24.8 Å². The van der Waals surface area contributed by atoms with E-state index in [1.165, 1.54) is 11.1 Å². The van der Waals surface area contributed by atoms with Crippen molar-refractivity contribution in [2.24, 2.45) is 0 Å². The number of hydrogen-bond acceptors (Lipinski definition) is 4. The Kier molecular flexibility index (Phi) is 5.06. The van der Waals surface area contributed by atoms with Crippen molar-refractivity contribution in [1.29, 1.82) is 0 Å². The van der Waals surface area contributed by atoms with Gasteiger partial charge >= 0.3 is 0 Å². The Morgan fingerprint density at radius 3 is 2.54 bits per heavy atom. The zero-order chi connectivity index (χ0) is 16.8. The number of aromatic nitrogens is 2. The van der Waals surface area contributed by atoms with Gasteiger partial charge in [-0.15, -0.1) is 0 Å².